The lowest BCUT2D eigenvalue weighted by Gasteiger charge is -2.16. The monoisotopic (exact) mass is 268 g/mol. The molecule has 0 radical (unpaired) electrons. The van der Waals surface area contributed by atoms with E-state index in [0.717, 1.165) is 19.5 Å². The molecule has 0 aromatic heterocycles. The van der Waals surface area contributed by atoms with E-state index >= 15 is 0 Å². The number of aryl methyl sites for hydroxylation is 1. The minimum atomic E-state index is 0.618. The van der Waals surface area contributed by atoms with Crippen molar-refractivity contribution in [3.05, 3.63) is 71.3 Å². The van der Waals surface area contributed by atoms with Gasteiger partial charge < -0.3 is 10.6 Å². The number of benzene rings is 2. The number of hydrogen-bond donors (Lipinski definition) is 1. The van der Waals surface area contributed by atoms with Crippen LogP contribution in [0.15, 0.2) is 54.6 Å². The van der Waals surface area contributed by atoms with Gasteiger partial charge in [-0.3, -0.25) is 0 Å². The summed E-state index contributed by atoms with van der Waals surface area (Å²) in [6, 6.07) is 19.3. The standard InChI is InChI=1S/C18H24N2/c1-20(13-5-8-16-6-3-2-4-7-16)15-18-11-9-17(14-19)10-12-18/h2-4,6-7,9-12H,5,8,13-15,19H2,1H3. The molecule has 0 bridgehead atoms. The fraction of sp³-hybridized carbons (Fsp3) is 0.333. The molecule has 2 rings (SSSR count). The molecule has 106 valence electrons. The van der Waals surface area contributed by atoms with Crippen LogP contribution in [0.3, 0.4) is 0 Å². The van der Waals surface area contributed by atoms with Crippen molar-refractivity contribution in [2.45, 2.75) is 25.9 Å². The van der Waals surface area contributed by atoms with E-state index in [2.05, 4.69) is 66.5 Å². The number of rotatable bonds is 7. The zero-order valence-electron chi connectivity index (χ0n) is 12.3. The molecule has 2 nitrogen and oxygen atoms in total. The maximum atomic E-state index is 5.61. The Balaban J connectivity index is 1.73. The van der Waals surface area contributed by atoms with Crippen LogP contribution in [0.2, 0.25) is 0 Å². The largest absolute Gasteiger partial charge is 0.326 e. The van der Waals surface area contributed by atoms with Crippen LogP contribution in [0, 0.1) is 0 Å². The Morgan fingerprint density at radius 1 is 0.850 bits per heavy atom. The van der Waals surface area contributed by atoms with E-state index in [0.29, 0.717) is 6.54 Å². The summed E-state index contributed by atoms with van der Waals surface area (Å²) < 4.78 is 0. The Hall–Kier alpha value is -1.64. The minimum absolute atomic E-state index is 0.618. The van der Waals surface area contributed by atoms with Crippen LogP contribution in [0.25, 0.3) is 0 Å². The van der Waals surface area contributed by atoms with E-state index < -0.39 is 0 Å². The van der Waals surface area contributed by atoms with E-state index in [9.17, 15) is 0 Å². The number of hydrogen-bond acceptors (Lipinski definition) is 2. The summed E-state index contributed by atoms with van der Waals surface area (Å²) in [5.74, 6) is 0. The first kappa shape index (κ1) is 14.8. The van der Waals surface area contributed by atoms with Crippen molar-refractivity contribution >= 4 is 0 Å². The minimum Gasteiger partial charge on any atom is -0.326 e. The third kappa shape index (κ3) is 4.80. The molecule has 2 heteroatoms. The van der Waals surface area contributed by atoms with E-state index in [-0.39, 0.29) is 0 Å². The lowest BCUT2D eigenvalue weighted by molar-refractivity contribution is 0.322. The molecule has 0 aliphatic rings. The van der Waals surface area contributed by atoms with Crippen LogP contribution in [-0.2, 0) is 19.5 Å². The molecule has 2 aromatic rings. The Morgan fingerprint density at radius 2 is 1.50 bits per heavy atom. The van der Waals surface area contributed by atoms with Gasteiger partial charge in [0.25, 0.3) is 0 Å². The van der Waals surface area contributed by atoms with Crippen LogP contribution in [-0.4, -0.2) is 18.5 Å². The van der Waals surface area contributed by atoms with E-state index in [1.54, 1.807) is 0 Å². The maximum Gasteiger partial charge on any atom is 0.0230 e. The van der Waals surface area contributed by atoms with Gasteiger partial charge in [-0.05, 0) is 43.1 Å². The molecule has 0 atom stereocenters. The van der Waals surface area contributed by atoms with Crippen LogP contribution in [0.1, 0.15) is 23.1 Å². The van der Waals surface area contributed by atoms with Crippen molar-refractivity contribution in [1.82, 2.24) is 4.90 Å². The molecule has 0 aliphatic heterocycles. The second-order valence-electron chi connectivity index (χ2n) is 5.35. The summed E-state index contributed by atoms with van der Waals surface area (Å²) in [6.45, 7) is 2.74. The highest BCUT2D eigenvalue weighted by Gasteiger charge is 2.01. The SMILES string of the molecule is CN(CCCc1ccccc1)Cc1ccc(CN)cc1. The summed E-state index contributed by atoms with van der Waals surface area (Å²) in [6.07, 6.45) is 2.35. The molecule has 0 heterocycles. The zero-order chi connectivity index (χ0) is 14.2. The van der Waals surface area contributed by atoms with Gasteiger partial charge in [0.1, 0.15) is 0 Å². The van der Waals surface area contributed by atoms with Gasteiger partial charge in [-0.15, -0.1) is 0 Å². The third-order valence-corrected chi connectivity index (χ3v) is 3.56. The molecule has 2 aromatic carbocycles. The Bertz CT molecular complexity index is 491. The lowest BCUT2D eigenvalue weighted by atomic mass is 10.1. The van der Waals surface area contributed by atoms with E-state index in [1.807, 2.05) is 0 Å². The highest BCUT2D eigenvalue weighted by atomic mass is 15.1. The van der Waals surface area contributed by atoms with Crippen molar-refractivity contribution in [2.75, 3.05) is 13.6 Å². The smallest absolute Gasteiger partial charge is 0.0230 e. The second kappa shape index (κ2) is 7.83. The average Bonchev–Trinajstić information content (AvgIpc) is 2.49. The first-order valence-electron chi connectivity index (χ1n) is 7.28. The summed E-state index contributed by atoms with van der Waals surface area (Å²) in [5.41, 5.74) is 9.58. The first-order valence-corrected chi connectivity index (χ1v) is 7.28. The molecule has 0 saturated carbocycles. The second-order valence-corrected chi connectivity index (χ2v) is 5.35. The first-order chi connectivity index (χ1) is 9.78. The topological polar surface area (TPSA) is 29.3 Å². The predicted octanol–water partition coefficient (Wildman–Crippen LogP) is 3.21. The van der Waals surface area contributed by atoms with E-state index in [4.69, 9.17) is 5.73 Å². The van der Waals surface area contributed by atoms with Crippen LogP contribution >= 0.6 is 0 Å². The van der Waals surface area contributed by atoms with Crippen molar-refractivity contribution in [3.8, 4) is 0 Å². The summed E-state index contributed by atoms with van der Waals surface area (Å²) >= 11 is 0. The van der Waals surface area contributed by atoms with Gasteiger partial charge in [0.2, 0.25) is 0 Å². The molecular formula is C18H24N2. The molecular weight excluding hydrogens is 244 g/mol. The Kier molecular flexibility index (Phi) is 5.78. The zero-order valence-corrected chi connectivity index (χ0v) is 12.3. The van der Waals surface area contributed by atoms with Crippen LogP contribution in [0.4, 0.5) is 0 Å². The Labute approximate surface area is 122 Å². The van der Waals surface area contributed by atoms with Gasteiger partial charge in [-0.1, -0.05) is 54.6 Å². The predicted molar refractivity (Wildman–Crippen MR) is 85.4 cm³/mol. The molecule has 0 saturated heterocycles. The van der Waals surface area contributed by atoms with Gasteiger partial charge in [-0.25, -0.2) is 0 Å². The number of nitrogens with two attached hydrogens (primary N) is 1. The molecule has 0 aliphatic carbocycles. The van der Waals surface area contributed by atoms with Gasteiger partial charge in [0, 0.05) is 13.1 Å². The summed E-state index contributed by atoms with van der Waals surface area (Å²) in [7, 11) is 2.18. The summed E-state index contributed by atoms with van der Waals surface area (Å²) in [5, 5.41) is 0. The molecule has 0 unspecified atom stereocenters. The highest BCUT2D eigenvalue weighted by Crippen LogP contribution is 2.08. The average molecular weight is 268 g/mol. The third-order valence-electron chi connectivity index (χ3n) is 3.56. The molecule has 2 N–H and O–H groups in total. The van der Waals surface area contributed by atoms with Crippen LogP contribution < -0.4 is 5.73 Å². The van der Waals surface area contributed by atoms with Gasteiger partial charge in [-0.2, -0.15) is 0 Å². The highest BCUT2D eigenvalue weighted by molar-refractivity contribution is 5.22. The molecule has 0 spiro atoms. The normalized spacial score (nSPS) is 10.9. The number of nitrogens with zero attached hydrogens (tertiary/aromatic N) is 1. The summed E-state index contributed by atoms with van der Waals surface area (Å²) in [4.78, 5) is 2.38. The van der Waals surface area contributed by atoms with Gasteiger partial charge in [0.05, 0.1) is 0 Å². The molecule has 20 heavy (non-hydrogen) atoms. The fourth-order valence-corrected chi connectivity index (χ4v) is 2.37. The molecule has 0 fully saturated rings. The quantitative estimate of drug-likeness (QED) is 0.835. The lowest BCUT2D eigenvalue weighted by Crippen LogP contribution is -2.19. The molecule has 0 amide bonds. The van der Waals surface area contributed by atoms with Gasteiger partial charge in [0.15, 0.2) is 0 Å². The van der Waals surface area contributed by atoms with Crippen molar-refractivity contribution in [3.63, 3.8) is 0 Å². The van der Waals surface area contributed by atoms with Crippen molar-refractivity contribution < 1.29 is 0 Å². The van der Waals surface area contributed by atoms with E-state index in [1.165, 1.54) is 23.1 Å². The van der Waals surface area contributed by atoms with Crippen molar-refractivity contribution in [1.29, 1.82) is 0 Å². The van der Waals surface area contributed by atoms with Gasteiger partial charge >= 0.3 is 0 Å². The maximum absolute atomic E-state index is 5.61. The van der Waals surface area contributed by atoms with Crippen LogP contribution in [0.5, 0.6) is 0 Å². The Morgan fingerprint density at radius 3 is 2.15 bits per heavy atom. The van der Waals surface area contributed by atoms with Crippen molar-refractivity contribution in [2.24, 2.45) is 5.73 Å². The fourth-order valence-electron chi connectivity index (χ4n) is 2.37.